The number of hydrogen-bond donors (Lipinski definition) is 0. The van der Waals surface area contributed by atoms with Crippen molar-refractivity contribution in [2.75, 3.05) is 0 Å². The van der Waals surface area contributed by atoms with Crippen LogP contribution in [0.1, 0.15) is 366 Å². The first kappa shape index (κ1) is 127. The fourth-order valence-electron chi connectivity index (χ4n) is 17.7. The zero-order chi connectivity index (χ0) is 104. The Labute approximate surface area is 843 Å². The molecule has 0 atom stereocenters. The van der Waals surface area contributed by atoms with E-state index in [1.165, 1.54) is 178 Å². The monoisotopic (exact) mass is 1830 g/mol. The van der Waals surface area contributed by atoms with E-state index in [-0.39, 0.29) is 5.41 Å². The zero-order valence-electron chi connectivity index (χ0n) is 94.1. The van der Waals surface area contributed by atoms with Gasteiger partial charge in [-0.25, -0.2) is 0 Å². The van der Waals surface area contributed by atoms with Crippen LogP contribution in [0.4, 0.5) is 0 Å². The first-order valence-electron chi connectivity index (χ1n) is 54.6. The van der Waals surface area contributed by atoms with Gasteiger partial charge in [0.15, 0.2) is 0 Å². The molecule has 736 valence electrons. The predicted octanol–water partition coefficient (Wildman–Crippen LogP) is 44.4. The molecule has 23 rings (SSSR count). The van der Waals surface area contributed by atoms with Crippen molar-refractivity contribution < 1.29 is 0 Å². The summed E-state index contributed by atoms with van der Waals surface area (Å²) in [5.41, 5.74) is 48.5. The third kappa shape index (κ3) is 30.4. The Morgan fingerprint density at radius 1 is 0.117 bits per heavy atom. The second kappa shape index (κ2) is 75.4. The van der Waals surface area contributed by atoms with E-state index in [4.69, 9.17) is 0 Å². The molecule has 0 N–H and O–H groups in total. The third-order valence-electron chi connectivity index (χ3n) is 22.0. The Morgan fingerprint density at radius 3 is 0.540 bits per heavy atom. The van der Waals surface area contributed by atoms with Gasteiger partial charge in [0.1, 0.15) is 0 Å². The van der Waals surface area contributed by atoms with Gasteiger partial charge in [0.25, 0.3) is 0 Å². The zero-order valence-corrected chi connectivity index (χ0v) is 94.1. The highest BCUT2D eigenvalue weighted by atomic mass is 14.5. The smallest absolute Gasteiger partial charge is 0.0683 e. The van der Waals surface area contributed by atoms with Crippen LogP contribution in [0.5, 0.6) is 0 Å². The summed E-state index contributed by atoms with van der Waals surface area (Å²) in [6.45, 7) is 80.0. The Kier molecular flexibility index (Phi) is 70.1. The van der Waals surface area contributed by atoms with Crippen molar-refractivity contribution in [3.63, 3.8) is 0 Å². The van der Waals surface area contributed by atoms with Crippen LogP contribution >= 0.6 is 0 Å². The van der Waals surface area contributed by atoms with E-state index in [1.807, 2.05) is 277 Å². The summed E-state index contributed by atoms with van der Waals surface area (Å²) < 4.78 is 0. The minimum Gasteiger partial charge on any atom is -0.0683 e. The topological polar surface area (TPSA) is 0 Å². The van der Waals surface area contributed by atoms with E-state index in [1.54, 1.807) is 11.1 Å². The molecule has 1 spiro atoms. The largest absolute Gasteiger partial charge is 0.0725 e. The van der Waals surface area contributed by atoms with E-state index >= 15 is 0 Å². The van der Waals surface area contributed by atoms with Crippen LogP contribution in [0.15, 0.2) is 340 Å². The molecule has 15 aromatic rings. The lowest BCUT2D eigenvalue weighted by Crippen LogP contribution is -2.25. The first-order chi connectivity index (χ1) is 68.1. The Hall–Kier alpha value is -11.7. The molecule has 0 unspecified atom stereocenters. The molecule has 0 aromatic heterocycles. The molecule has 8 aliphatic carbocycles. The fourth-order valence-corrected chi connectivity index (χ4v) is 17.7. The standard InChI is InChI=1S/C25H16.2C20H14.C19H14.C13H10.20C2H6/c1-5-13-21-17(9-1)18-10-2-6-14-22(18)25(21)23-15-7-3-11-19(23)20-12-4-8-16-24(20)25;1-3-7-17-13(5-1)9-15-11-20-16(12-19(15)17)10-14-6-2-4-8-18(14)20;1-3-7-15-13(5-1)11-19-17(15)9-10-18-16-8-4-2-6-14(16)12-20(18)19;1-2-6-14(7-3-1)15-10-11-17-12-16-8-4-5-9-18(16)19(17)13-15;1-3-7-12-10(5-1)9-11-6-2-4-8-13(11)12;20*1-2/h1-16H;1-8,11-12H,9-10H2;1-10H,11-12H2;1-11,13H,12H2;1-8H,9H2;20*1-2H3. The van der Waals surface area contributed by atoms with E-state index < -0.39 is 0 Å². The molecule has 0 aliphatic heterocycles. The highest BCUT2D eigenvalue weighted by Crippen LogP contribution is 2.63. The van der Waals surface area contributed by atoms with Crippen LogP contribution < -0.4 is 0 Å². The summed E-state index contributed by atoms with van der Waals surface area (Å²) in [5, 5.41) is 0. The Balaban J connectivity index is 0. The van der Waals surface area contributed by atoms with Gasteiger partial charge in [0.05, 0.1) is 5.41 Å². The normalized spacial score (nSPS) is 10.4. The highest BCUT2D eigenvalue weighted by molar-refractivity contribution is 5.95. The van der Waals surface area contributed by atoms with Crippen LogP contribution in [-0.4, -0.2) is 0 Å². The van der Waals surface area contributed by atoms with Crippen LogP contribution in [0, 0.1) is 0 Å². The van der Waals surface area contributed by atoms with Gasteiger partial charge in [-0.2, -0.15) is 0 Å². The molecule has 0 radical (unpaired) electrons. The minimum absolute atomic E-state index is 0.180. The van der Waals surface area contributed by atoms with Crippen molar-refractivity contribution in [2.24, 2.45) is 0 Å². The molecule has 0 heterocycles. The summed E-state index contributed by atoms with van der Waals surface area (Å²) in [6, 6.07) is 124. The average Bonchev–Trinajstić information content (AvgIpc) is 1.51. The van der Waals surface area contributed by atoms with Crippen molar-refractivity contribution in [3.05, 3.63) is 429 Å². The SMILES string of the molecule is CC.CC.CC.CC.CC.CC.CC.CC.CC.CC.CC.CC.CC.CC.CC.CC.CC.CC.CC.CC.c1ccc(-c2ccc3c(c2)-c2ccccc2C3)cc1.c1ccc2c(c1)-c1ccccc1C21c2ccccc2-c2ccccc21.c1ccc2c(c1)Cc1c-2ccc2c1Cc1ccccc1-2.c1ccc2c(c1)Cc1cc3c(cc1-2)Cc1ccccc1-3.c1ccc2c(c1)Cc1ccccc1-2. The van der Waals surface area contributed by atoms with Crippen LogP contribution in [0.25, 0.3) is 100 Å². The quantitative estimate of drug-likeness (QED) is 0.154. The molecule has 0 amide bonds. The lowest BCUT2D eigenvalue weighted by molar-refractivity contribution is 0.794. The maximum atomic E-state index is 2.43. The summed E-state index contributed by atoms with van der Waals surface area (Å²) >= 11 is 0. The first-order valence-corrected chi connectivity index (χ1v) is 54.6. The van der Waals surface area contributed by atoms with E-state index in [0.29, 0.717) is 0 Å². The summed E-state index contributed by atoms with van der Waals surface area (Å²) in [4.78, 5) is 0. The van der Waals surface area contributed by atoms with Crippen molar-refractivity contribution >= 4 is 0 Å². The Bertz CT molecular complexity index is 5260. The molecular weight excluding hydrogens is 1650 g/mol. The molecular formula is C137H188. The van der Waals surface area contributed by atoms with Crippen molar-refractivity contribution in [2.45, 2.75) is 321 Å². The van der Waals surface area contributed by atoms with Crippen LogP contribution in [-0.2, 0) is 43.9 Å². The lowest BCUT2D eigenvalue weighted by Gasteiger charge is -2.30. The van der Waals surface area contributed by atoms with Crippen molar-refractivity contribution in [3.8, 4) is 100 Å². The van der Waals surface area contributed by atoms with Gasteiger partial charge in [-0.3, -0.25) is 0 Å². The van der Waals surface area contributed by atoms with Crippen LogP contribution in [0.3, 0.4) is 0 Å². The molecule has 0 heteroatoms. The van der Waals surface area contributed by atoms with Gasteiger partial charge >= 0.3 is 0 Å². The Morgan fingerprint density at radius 2 is 0.292 bits per heavy atom. The molecule has 137 heavy (non-hydrogen) atoms. The van der Waals surface area contributed by atoms with Crippen molar-refractivity contribution in [1.29, 1.82) is 0 Å². The van der Waals surface area contributed by atoms with Gasteiger partial charge in [0.2, 0.25) is 0 Å². The summed E-state index contributed by atoms with van der Waals surface area (Å²) in [7, 11) is 0. The maximum absolute atomic E-state index is 2.43. The van der Waals surface area contributed by atoms with Gasteiger partial charge in [-0.15, -0.1) is 0 Å². The van der Waals surface area contributed by atoms with Gasteiger partial charge in [-0.1, -0.05) is 598 Å². The number of fused-ring (bicyclic) bond motifs is 29. The number of hydrogen-bond acceptors (Lipinski definition) is 0. The third-order valence-corrected chi connectivity index (χ3v) is 22.0. The number of benzene rings is 15. The molecule has 0 nitrogen and oxygen atoms in total. The summed E-state index contributed by atoms with van der Waals surface area (Å²) in [5.74, 6) is 0. The van der Waals surface area contributed by atoms with E-state index in [0.717, 1.165) is 38.5 Å². The molecule has 0 fully saturated rings. The van der Waals surface area contributed by atoms with Crippen LogP contribution in [0.2, 0.25) is 0 Å². The highest BCUT2D eigenvalue weighted by Gasteiger charge is 2.51. The van der Waals surface area contributed by atoms with Gasteiger partial charge in [-0.05, 0) is 246 Å². The van der Waals surface area contributed by atoms with Crippen molar-refractivity contribution in [1.82, 2.24) is 0 Å². The lowest BCUT2D eigenvalue weighted by atomic mass is 9.70. The molecule has 0 bridgehead atoms. The maximum Gasteiger partial charge on any atom is 0.0725 e. The van der Waals surface area contributed by atoms with E-state index in [2.05, 4.69) is 340 Å². The molecule has 0 saturated heterocycles. The molecule has 0 saturated carbocycles. The predicted molar refractivity (Wildman–Crippen MR) is 630 cm³/mol. The fraction of sp³-hybridized carbons (Fsp3) is 0.343. The second-order valence-corrected chi connectivity index (χ2v) is 27.1. The summed E-state index contributed by atoms with van der Waals surface area (Å²) in [6.07, 6.45) is 6.54. The minimum atomic E-state index is -0.180. The van der Waals surface area contributed by atoms with Gasteiger partial charge in [0, 0.05) is 0 Å². The van der Waals surface area contributed by atoms with E-state index in [9.17, 15) is 0 Å². The second-order valence-electron chi connectivity index (χ2n) is 27.1. The molecule has 8 aliphatic rings. The number of rotatable bonds is 1. The average molecular weight is 1840 g/mol. The van der Waals surface area contributed by atoms with Gasteiger partial charge < -0.3 is 0 Å². The molecule has 15 aromatic carbocycles.